The number of hydrogen-bond acceptors (Lipinski definition) is 6. The van der Waals surface area contributed by atoms with Gasteiger partial charge in [-0.1, -0.05) is 91.0 Å². The molecular weight excluding hydrogens is 706 g/mol. The lowest BCUT2D eigenvalue weighted by Gasteiger charge is -2.38. The van der Waals surface area contributed by atoms with Crippen LogP contribution in [-0.2, 0) is 36.7 Å². The van der Waals surface area contributed by atoms with Crippen molar-refractivity contribution >= 4 is 17.0 Å². The van der Waals surface area contributed by atoms with Crippen LogP contribution in [0.2, 0.25) is 0 Å². The van der Waals surface area contributed by atoms with Crippen molar-refractivity contribution in [3.05, 3.63) is 166 Å². The van der Waals surface area contributed by atoms with Gasteiger partial charge in [-0.3, -0.25) is 18.5 Å². The Bertz CT molecular complexity index is 2440. The Balaban J connectivity index is 1.34. The van der Waals surface area contributed by atoms with Gasteiger partial charge in [0.15, 0.2) is 23.1 Å². The number of fused-ring (bicyclic) bond motifs is 1. The van der Waals surface area contributed by atoms with E-state index in [0.29, 0.717) is 11.9 Å². The fraction of sp³-hybridized carbons (Fsp3) is 0.150. The number of carboxylic acid groups (broad SMARTS) is 1. The lowest BCUT2D eigenvalue weighted by atomic mass is 9.76. The second-order valence-corrected chi connectivity index (χ2v) is 12.4. The molecule has 274 valence electrons. The number of halogens is 4. The summed E-state index contributed by atoms with van der Waals surface area (Å²) in [7, 11) is 2.54. The van der Waals surface area contributed by atoms with Gasteiger partial charge in [0.05, 0.1) is 23.7 Å². The van der Waals surface area contributed by atoms with Gasteiger partial charge >= 0.3 is 17.8 Å². The average Bonchev–Trinajstić information content (AvgIpc) is 3.73. The lowest BCUT2D eigenvalue weighted by Crippen LogP contribution is -2.38. The van der Waals surface area contributed by atoms with Crippen molar-refractivity contribution in [2.24, 2.45) is 7.05 Å². The van der Waals surface area contributed by atoms with Crippen LogP contribution in [0.3, 0.4) is 0 Å². The van der Waals surface area contributed by atoms with E-state index in [4.69, 9.17) is 9.47 Å². The summed E-state index contributed by atoms with van der Waals surface area (Å²) in [5.74, 6) is -2.59. The second-order valence-electron chi connectivity index (χ2n) is 12.4. The topological polar surface area (TPSA) is 113 Å². The normalized spacial score (nSPS) is 11.9. The van der Waals surface area contributed by atoms with E-state index in [1.165, 1.54) is 20.2 Å². The third kappa shape index (κ3) is 6.14. The number of benzene rings is 5. The molecule has 14 heteroatoms. The molecule has 2 aromatic heterocycles. The molecule has 54 heavy (non-hydrogen) atoms. The van der Waals surface area contributed by atoms with Gasteiger partial charge in [0.25, 0.3) is 0 Å². The van der Waals surface area contributed by atoms with Crippen molar-refractivity contribution in [1.29, 1.82) is 0 Å². The first-order valence-electron chi connectivity index (χ1n) is 16.5. The predicted molar refractivity (Wildman–Crippen MR) is 191 cm³/mol. The Kier molecular flexibility index (Phi) is 9.27. The average molecular weight is 738 g/mol. The van der Waals surface area contributed by atoms with E-state index in [2.05, 4.69) is 10.2 Å². The molecule has 0 aliphatic heterocycles. The van der Waals surface area contributed by atoms with Gasteiger partial charge in [0.1, 0.15) is 25.0 Å². The molecule has 0 amide bonds. The van der Waals surface area contributed by atoms with E-state index in [1.54, 1.807) is 6.33 Å². The molecule has 0 atom stereocenters. The molecule has 0 bridgehead atoms. The molecule has 0 saturated heterocycles. The zero-order valence-electron chi connectivity index (χ0n) is 28.8. The maximum Gasteiger partial charge on any atom is 0.416 e. The monoisotopic (exact) mass is 737 g/mol. The number of carboxylic acids is 1. The first kappa shape index (κ1) is 35.7. The number of carbonyl (C=O) groups is 1. The van der Waals surface area contributed by atoms with E-state index in [0.717, 1.165) is 38.0 Å². The Morgan fingerprint density at radius 1 is 0.833 bits per heavy atom. The van der Waals surface area contributed by atoms with Crippen molar-refractivity contribution < 1.29 is 36.9 Å². The van der Waals surface area contributed by atoms with Crippen LogP contribution in [0.4, 0.5) is 17.6 Å². The minimum absolute atomic E-state index is 0.0310. The van der Waals surface area contributed by atoms with Crippen LogP contribution in [0.5, 0.6) is 11.5 Å². The number of ether oxygens (including phenoxy) is 2. The molecular formula is C40H31F4N5O5. The maximum absolute atomic E-state index is 16.2. The van der Waals surface area contributed by atoms with Gasteiger partial charge in [-0.2, -0.15) is 13.2 Å². The standard InChI is InChI=1S/C40H31F4N5O5/c1-47-36-30(20-29(40(42,43)44)21-32(36)48(38(47)52)22-35(50)51)25-18-31(41)37(33(19-25)53-2)54-23-34-46-45-24-49(34)39(26-12-6-3-7-13-26,27-14-8-4-9-15-27)28-16-10-5-11-17-28/h3-21,24H,22-23H2,1-2H3,(H,50,51). The molecule has 7 rings (SSSR count). The van der Waals surface area contributed by atoms with Gasteiger partial charge in [-0.05, 0) is 46.5 Å². The van der Waals surface area contributed by atoms with Crippen LogP contribution in [0.25, 0.3) is 22.2 Å². The van der Waals surface area contributed by atoms with E-state index >= 15 is 4.39 Å². The molecule has 0 unspecified atom stereocenters. The molecule has 0 aliphatic rings. The van der Waals surface area contributed by atoms with Crippen LogP contribution >= 0.6 is 0 Å². The zero-order chi connectivity index (χ0) is 38.2. The molecule has 10 nitrogen and oxygen atoms in total. The summed E-state index contributed by atoms with van der Waals surface area (Å²) < 4.78 is 73.8. The van der Waals surface area contributed by atoms with Gasteiger partial charge < -0.3 is 14.6 Å². The molecule has 2 heterocycles. The molecule has 0 fully saturated rings. The largest absolute Gasteiger partial charge is 0.493 e. The van der Waals surface area contributed by atoms with Crippen LogP contribution in [0.1, 0.15) is 28.1 Å². The Labute approximate surface area is 305 Å². The summed E-state index contributed by atoms with van der Waals surface area (Å²) in [6, 6.07) is 33.0. The number of methoxy groups -OCH3 is 1. The number of aliphatic carboxylic acids is 1. The van der Waals surface area contributed by atoms with Gasteiger partial charge in [0.2, 0.25) is 0 Å². The Morgan fingerprint density at radius 2 is 1.41 bits per heavy atom. The highest BCUT2D eigenvalue weighted by Crippen LogP contribution is 2.43. The lowest BCUT2D eigenvalue weighted by molar-refractivity contribution is -0.138. The highest BCUT2D eigenvalue weighted by molar-refractivity contribution is 5.94. The maximum atomic E-state index is 16.2. The molecule has 0 aliphatic carbocycles. The van der Waals surface area contributed by atoms with Gasteiger partial charge in [-0.15, -0.1) is 10.2 Å². The van der Waals surface area contributed by atoms with Crippen molar-refractivity contribution in [2.75, 3.05) is 7.11 Å². The minimum Gasteiger partial charge on any atom is -0.493 e. The SMILES string of the molecule is COc1cc(-c2cc(C(F)(F)F)cc3c2n(C)c(=O)n3CC(=O)O)cc(F)c1OCc1nncn1C(c1ccccc1)(c1ccccc1)c1ccccc1. The number of aryl methyl sites for hydroxylation is 1. The van der Waals surface area contributed by atoms with E-state index < -0.39 is 41.3 Å². The summed E-state index contributed by atoms with van der Waals surface area (Å²) in [5, 5.41) is 18.0. The predicted octanol–water partition coefficient (Wildman–Crippen LogP) is 7.27. The quantitative estimate of drug-likeness (QED) is 0.110. The number of hydrogen-bond donors (Lipinski definition) is 1. The number of imidazole rings is 1. The number of aromatic nitrogens is 5. The fourth-order valence-corrected chi connectivity index (χ4v) is 6.97. The van der Waals surface area contributed by atoms with Crippen LogP contribution < -0.4 is 15.2 Å². The number of rotatable bonds is 11. The summed E-state index contributed by atoms with van der Waals surface area (Å²) in [6.07, 6.45) is -3.30. The second kappa shape index (κ2) is 14.0. The summed E-state index contributed by atoms with van der Waals surface area (Å²) in [6.45, 7) is -1.19. The molecule has 0 radical (unpaired) electrons. The van der Waals surface area contributed by atoms with Crippen molar-refractivity contribution in [3.8, 4) is 22.6 Å². The molecule has 0 saturated carbocycles. The highest BCUT2D eigenvalue weighted by Gasteiger charge is 2.40. The fourth-order valence-electron chi connectivity index (χ4n) is 6.97. The van der Waals surface area contributed by atoms with Crippen molar-refractivity contribution in [2.45, 2.75) is 24.9 Å². The molecule has 5 aromatic carbocycles. The molecule has 0 spiro atoms. The minimum atomic E-state index is -4.88. The summed E-state index contributed by atoms with van der Waals surface area (Å²) in [4.78, 5) is 24.6. The van der Waals surface area contributed by atoms with Gasteiger partial charge in [-0.25, -0.2) is 9.18 Å². The van der Waals surface area contributed by atoms with Crippen LogP contribution in [0, 0.1) is 5.82 Å². The van der Waals surface area contributed by atoms with Crippen LogP contribution in [-0.4, -0.2) is 42.1 Å². The van der Waals surface area contributed by atoms with E-state index in [1.807, 2.05) is 95.6 Å². The van der Waals surface area contributed by atoms with Crippen molar-refractivity contribution in [1.82, 2.24) is 23.9 Å². The van der Waals surface area contributed by atoms with Crippen LogP contribution in [0.15, 0.2) is 126 Å². The summed E-state index contributed by atoms with van der Waals surface area (Å²) in [5.41, 5.74) is -0.929. The molecule has 1 N–H and O–H groups in total. The van der Waals surface area contributed by atoms with E-state index in [-0.39, 0.29) is 40.3 Å². The van der Waals surface area contributed by atoms with Crippen molar-refractivity contribution in [3.63, 3.8) is 0 Å². The van der Waals surface area contributed by atoms with E-state index in [9.17, 15) is 27.9 Å². The number of nitrogens with zero attached hydrogens (tertiary/aromatic N) is 5. The van der Waals surface area contributed by atoms with Gasteiger partial charge in [0, 0.05) is 12.6 Å². The first-order chi connectivity index (χ1) is 25.9. The summed E-state index contributed by atoms with van der Waals surface area (Å²) >= 11 is 0. The number of alkyl halides is 3. The highest BCUT2D eigenvalue weighted by atomic mass is 19.4. The third-order valence-corrected chi connectivity index (χ3v) is 9.29. The third-order valence-electron chi connectivity index (χ3n) is 9.29. The Hall–Kier alpha value is -6.70. The smallest absolute Gasteiger partial charge is 0.416 e. The molecule has 7 aromatic rings. The first-order valence-corrected chi connectivity index (χ1v) is 16.5. The Morgan fingerprint density at radius 3 is 1.93 bits per heavy atom. The zero-order valence-corrected chi connectivity index (χ0v) is 28.8.